The van der Waals surface area contributed by atoms with Crippen LogP contribution in [0.5, 0.6) is 23.0 Å². The Morgan fingerprint density at radius 2 is 1.74 bits per heavy atom. The van der Waals surface area contributed by atoms with E-state index >= 15 is 0 Å². The number of aliphatic hydroxyl groups is 1. The van der Waals surface area contributed by atoms with Gasteiger partial charge in [0.1, 0.15) is 59.8 Å². The lowest BCUT2D eigenvalue weighted by Crippen LogP contribution is -2.37. The summed E-state index contributed by atoms with van der Waals surface area (Å²) in [7, 11) is -4.32. The molecule has 18 nitrogen and oxygen atoms in total. The van der Waals surface area contributed by atoms with Crippen LogP contribution in [0.15, 0.2) is 67.3 Å². The SMILES string of the molecule is Nc1ncnc2c1ncn2[C@@H]1O[C@H](COC(=O)c2ccc3c(c2)C(=O)OC32c3ccc(O)cc3Oc3cc(O)ccc32)[C@@H](OP(N)(=O)OCC=S)[C@H]1O. The van der Waals surface area contributed by atoms with E-state index in [1.807, 2.05) is 0 Å². The van der Waals surface area contributed by atoms with E-state index < -0.39 is 56.4 Å². The predicted molar refractivity (Wildman–Crippen MR) is 184 cm³/mol. The number of benzene rings is 3. The van der Waals surface area contributed by atoms with Gasteiger partial charge in [0.25, 0.3) is 0 Å². The van der Waals surface area contributed by atoms with Gasteiger partial charge in [0.2, 0.25) is 0 Å². The first kappa shape index (κ1) is 34.6. The molecule has 2 aromatic heterocycles. The van der Waals surface area contributed by atoms with Gasteiger partial charge in [-0.3, -0.25) is 13.6 Å². The third-order valence-electron chi connectivity index (χ3n) is 8.95. The molecule has 0 aliphatic carbocycles. The van der Waals surface area contributed by atoms with Gasteiger partial charge in [0.15, 0.2) is 23.3 Å². The largest absolute Gasteiger partial charge is 0.508 e. The standard InChI is InChI=1S/C33H27N6O12PS/c34-28-25-29(37-13-36-28)39(14-38-25)30-26(42)27(51-52(35,45)47-7-8-53)24(49-30)12-46-31(43)15-1-4-19-18(9-15)32(44)50-33(19)20-5-2-16(40)10-22(20)48-23-11-17(41)3-6-21(23)33/h1-6,8-11,13-14,24,26-27,30,40-42H,7,12H2,(H2,35,45)(H2,34,36,37)/t24-,26-,27-,30-,52?/m1/s1. The van der Waals surface area contributed by atoms with Gasteiger partial charge in [0.05, 0.1) is 24.1 Å². The van der Waals surface area contributed by atoms with E-state index in [0.717, 1.165) is 5.37 Å². The van der Waals surface area contributed by atoms with Gasteiger partial charge in [-0.15, -0.1) is 0 Å². The van der Waals surface area contributed by atoms with Crippen molar-refractivity contribution in [2.75, 3.05) is 18.9 Å². The number of carbonyl (C=O) groups is 2. The molecule has 7 N–H and O–H groups in total. The number of aromatic hydroxyl groups is 2. The van der Waals surface area contributed by atoms with Crippen LogP contribution in [0, 0.1) is 0 Å². The molecule has 53 heavy (non-hydrogen) atoms. The van der Waals surface area contributed by atoms with Gasteiger partial charge in [-0.25, -0.2) is 34.6 Å². The van der Waals surface area contributed by atoms with E-state index in [9.17, 15) is 29.5 Å². The van der Waals surface area contributed by atoms with Crippen molar-refractivity contribution in [2.45, 2.75) is 30.1 Å². The molecule has 1 saturated heterocycles. The fraction of sp³-hybridized carbons (Fsp3) is 0.212. The number of ether oxygens (including phenoxy) is 4. The number of nitrogens with zero attached hydrogens (tertiary/aromatic N) is 4. The molecule has 8 rings (SSSR count). The number of rotatable bonds is 9. The van der Waals surface area contributed by atoms with Crippen molar-refractivity contribution < 1.29 is 57.5 Å². The number of aliphatic hydroxyl groups excluding tert-OH is 1. The number of esters is 2. The average molecular weight is 763 g/mol. The summed E-state index contributed by atoms with van der Waals surface area (Å²) in [5.41, 5.74) is 11.7. The molecule has 1 fully saturated rings. The molecule has 3 aromatic carbocycles. The molecular formula is C33H27N6O12PS. The van der Waals surface area contributed by atoms with Crippen molar-refractivity contribution in [3.63, 3.8) is 0 Å². The molecule has 20 heteroatoms. The highest BCUT2D eigenvalue weighted by atomic mass is 32.1. The maximum atomic E-state index is 13.5. The summed E-state index contributed by atoms with van der Waals surface area (Å²) in [5.74, 6) is -1.40. The van der Waals surface area contributed by atoms with E-state index in [0.29, 0.717) is 16.7 Å². The van der Waals surface area contributed by atoms with Crippen molar-refractivity contribution in [2.24, 2.45) is 5.50 Å². The first-order chi connectivity index (χ1) is 25.4. The van der Waals surface area contributed by atoms with Crippen LogP contribution in [-0.4, -0.2) is 83.7 Å². The molecule has 3 aliphatic rings. The first-order valence-electron chi connectivity index (χ1n) is 15.7. The topological polar surface area (TPSA) is 263 Å². The third kappa shape index (κ3) is 5.75. The van der Waals surface area contributed by atoms with Gasteiger partial charge in [-0.1, -0.05) is 18.3 Å². The minimum absolute atomic E-state index is 0.0428. The summed E-state index contributed by atoms with van der Waals surface area (Å²) in [6.07, 6.45) is -3.06. The summed E-state index contributed by atoms with van der Waals surface area (Å²) < 4.78 is 48.5. The van der Waals surface area contributed by atoms with Crippen LogP contribution in [0.4, 0.5) is 5.82 Å². The molecule has 0 saturated carbocycles. The van der Waals surface area contributed by atoms with Crippen molar-refractivity contribution in [1.82, 2.24) is 19.5 Å². The minimum Gasteiger partial charge on any atom is -0.508 e. The van der Waals surface area contributed by atoms with Gasteiger partial charge in [-0.05, 0) is 36.4 Å². The Morgan fingerprint density at radius 3 is 2.43 bits per heavy atom. The molecule has 0 amide bonds. The minimum atomic E-state index is -4.32. The molecular weight excluding hydrogens is 735 g/mol. The third-order valence-corrected chi connectivity index (χ3v) is 10.1. The van der Waals surface area contributed by atoms with Crippen LogP contribution in [0.2, 0.25) is 0 Å². The lowest BCUT2D eigenvalue weighted by molar-refractivity contribution is -0.0559. The molecule has 1 unspecified atom stereocenters. The van der Waals surface area contributed by atoms with Gasteiger partial charge in [-0.2, -0.15) is 0 Å². The van der Waals surface area contributed by atoms with E-state index in [-0.39, 0.29) is 57.7 Å². The highest BCUT2D eigenvalue weighted by Crippen LogP contribution is 2.57. The van der Waals surface area contributed by atoms with Gasteiger partial charge >= 0.3 is 19.7 Å². The van der Waals surface area contributed by atoms with Crippen molar-refractivity contribution in [1.29, 1.82) is 0 Å². The lowest BCUT2D eigenvalue weighted by atomic mass is 9.77. The number of nitrogen functional groups attached to an aromatic ring is 1. The van der Waals surface area contributed by atoms with Crippen molar-refractivity contribution in [3.8, 4) is 23.0 Å². The summed E-state index contributed by atoms with van der Waals surface area (Å²) in [5, 5.41) is 32.8. The maximum Gasteiger partial charge on any atom is 0.403 e. The maximum absolute atomic E-state index is 13.5. The van der Waals surface area contributed by atoms with E-state index in [4.69, 9.17) is 51.5 Å². The van der Waals surface area contributed by atoms with Crippen molar-refractivity contribution in [3.05, 3.63) is 95.1 Å². The zero-order valence-electron chi connectivity index (χ0n) is 27.0. The van der Waals surface area contributed by atoms with Gasteiger partial charge in [0, 0.05) is 34.2 Å². The number of carbonyl (C=O) groups excluding carboxylic acids is 2. The summed E-state index contributed by atoms with van der Waals surface area (Å²) in [6, 6.07) is 12.9. The van der Waals surface area contributed by atoms with E-state index in [1.54, 1.807) is 12.1 Å². The Morgan fingerprint density at radius 1 is 1.04 bits per heavy atom. The monoisotopic (exact) mass is 762 g/mol. The second kappa shape index (κ2) is 12.8. The number of nitrogens with two attached hydrogens (primary N) is 2. The molecule has 0 bridgehead atoms. The number of thiocarbonyl (C=S) groups is 1. The lowest BCUT2D eigenvalue weighted by Gasteiger charge is -2.36. The first-order valence-corrected chi connectivity index (χ1v) is 17.8. The zero-order valence-corrected chi connectivity index (χ0v) is 28.7. The molecule has 5 heterocycles. The summed E-state index contributed by atoms with van der Waals surface area (Å²) in [6.45, 7) is -0.847. The van der Waals surface area contributed by atoms with Crippen LogP contribution >= 0.6 is 20.0 Å². The number of imidazole rings is 1. The Labute approximate surface area is 303 Å². The number of fused-ring (bicyclic) bond motifs is 7. The highest BCUT2D eigenvalue weighted by Gasteiger charge is 2.54. The number of anilines is 1. The van der Waals surface area contributed by atoms with Crippen LogP contribution < -0.4 is 16.0 Å². The fourth-order valence-corrected chi connectivity index (χ4v) is 7.79. The number of phenolic OH excluding ortho intramolecular Hbond substituents is 2. The Balaban J connectivity index is 1.08. The molecule has 5 atom stereocenters. The normalized spacial score (nSPS) is 22.0. The Hall–Kier alpha value is -5.53. The zero-order chi connectivity index (χ0) is 37.2. The molecule has 272 valence electrons. The number of hydrogen-bond acceptors (Lipinski definition) is 17. The van der Waals surface area contributed by atoms with Crippen molar-refractivity contribution >= 4 is 54.3 Å². The van der Waals surface area contributed by atoms with Crippen LogP contribution in [0.1, 0.15) is 43.6 Å². The number of phenols is 2. The summed E-state index contributed by atoms with van der Waals surface area (Å²) >= 11 is 4.71. The highest BCUT2D eigenvalue weighted by molar-refractivity contribution is 7.79. The molecule has 5 aromatic rings. The second-order valence-corrected chi connectivity index (χ2v) is 14.0. The quantitative estimate of drug-likeness (QED) is 0.0821. The number of hydrogen-bond donors (Lipinski definition) is 5. The van der Waals surface area contributed by atoms with Crippen LogP contribution in [0.3, 0.4) is 0 Å². The predicted octanol–water partition coefficient (Wildman–Crippen LogP) is 2.97. The van der Waals surface area contributed by atoms with Crippen LogP contribution in [0.25, 0.3) is 11.2 Å². The Kier molecular flexibility index (Phi) is 8.38. The molecule has 1 spiro atoms. The smallest absolute Gasteiger partial charge is 0.403 e. The van der Waals surface area contributed by atoms with E-state index in [1.165, 1.54) is 59.7 Å². The van der Waals surface area contributed by atoms with E-state index in [2.05, 4.69) is 15.0 Å². The average Bonchev–Trinajstić information content (AvgIpc) is 3.78. The Bertz CT molecular complexity index is 2340. The molecule has 3 aliphatic heterocycles. The molecule has 0 radical (unpaired) electrons. The van der Waals surface area contributed by atoms with Crippen LogP contribution in [-0.2, 0) is 33.4 Å². The second-order valence-electron chi connectivity index (χ2n) is 12.1. The van der Waals surface area contributed by atoms with Gasteiger partial charge < -0.3 is 40.0 Å². The number of aromatic nitrogens is 4. The summed E-state index contributed by atoms with van der Waals surface area (Å²) in [4.78, 5) is 39.3. The fourth-order valence-electron chi connectivity index (χ4n) is 6.68.